The summed E-state index contributed by atoms with van der Waals surface area (Å²) in [4.78, 5) is 2.34. The van der Waals surface area contributed by atoms with Crippen LogP contribution in [0.5, 0.6) is 11.5 Å². The van der Waals surface area contributed by atoms with Crippen LogP contribution in [0.4, 0.5) is 0 Å². The van der Waals surface area contributed by atoms with Crippen LogP contribution < -0.4 is 9.47 Å². The first kappa shape index (κ1) is 19.7. The second-order valence-corrected chi connectivity index (χ2v) is 7.50. The van der Waals surface area contributed by atoms with E-state index in [1.165, 1.54) is 10.5 Å². The highest BCUT2D eigenvalue weighted by Crippen LogP contribution is 2.39. The Kier molecular flexibility index (Phi) is 8.20. The largest absolute Gasteiger partial charge is 0.493 e. The molecule has 2 nitrogen and oxygen atoms in total. The number of hydrogen-bond acceptors (Lipinski definition) is 3. The smallest absolute Gasteiger partial charge is 0.133 e. The molecular weight excluding hydrogens is 328 g/mol. The minimum atomic E-state index is 0.757. The molecule has 0 heterocycles. The van der Waals surface area contributed by atoms with Crippen molar-refractivity contribution in [3.63, 3.8) is 0 Å². The average Bonchev–Trinajstić information content (AvgIpc) is 2.60. The summed E-state index contributed by atoms with van der Waals surface area (Å²) >= 11 is 1.74. The Morgan fingerprint density at radius 2 is 1.40 bits per heavy atom. The third-order valence-electron chi connectivity index (χ3n) is 4.00. The second kappa shape index (κ2) is 10.4. The molecule has 2 rings (SSSR count). The van der Waals surface area contributed by atoms with Gasteiger partial charge in [-0.3, -0.25) is 0 Å². The monoisotopic (exact) mass is 358 g/mol. The lowest BCUT2D eigenvalue weighted by Gasteiger charge is -2.16. The van der Waals surface area contributed by atoms with Crippen molar-refractivity contribution in [1.82, 2.24) is 0 Å². The Bertz CT molecular complexity index is 650. The van der Waals surface area contributed by atoms with Gasteiger partial charge in [0.2, 0.25) is 0 Å². The molecule has 0 aliphatic carbocycles. The third kappa shape index (κ3) is 6.32. The van der Waals surface area contributed by atoms with Crippen LogP contribution in [0.15, 0.2) is 46.2 Å². The molecule has 0 radical (unpaired) electrons. The molecule has 0 aliphatic heterocycles. The fraction of sp³-hybridized carbons (Fsp3) is 0.455. The van der Waals surface area contributed by atoms with Gasteiger partial charge >= 0.3 is 0 Å². The van der Waals surface area contributed by atoms with E-state index in [9.17, 15) is 0 Å². The Hall–Kier alpha value is -1.61. The molecule has 25 heavy (non-hydrogen) atoms. The molecule has 0 amide bonds. The Morgan fingerprint density at radius 3 is 2.00 bits per heavy atom. The van der Waals surface area contributed by atoms with E-state index in [1.807, 2.05) is 0 Å². The first-order valence-electron chi connectivity index (χ1n) is 9.28. The second-order valence-electron chi connectivity index (χ2n) is 6.38. The van der Waals surface area contributed by atoms with Gasteiger partial charge in [0.05, 0.1) is 18.1 Å². The molecular formula is C22H30O2S. The van der Waals surface area contributed by atoms with Crippen molar-refractivity contribution >= 4 is 11.8 Å². The van der Waals surface area contributed by atoms with Crippen LogP contribution in [-0.2, 0) is 0 Å². The van der Waals surface area contributed by atoms with E-state index in [1.54, 1.807) is 11.8 Å². The summed E-state index contributed by atoms with van der Waals surface area (Å²) in [6.45, 7) is 10.1. The summed E-state index contributed by atoms with van der Waals surface area (Å²) in [5.41, 5.74) is 2.41. The number of unbranched alkanes of at least 4 members (excludes halogenated alkanes) is 2. The third-order valence-corrected chi connectivity index (χ3v) is 5.05. The van der Waals surface area contributed by atoms with Gasteiger partial charge < -0.3 is 9.47 Å². The quantitative estimate of drug-likeness (QED) is 0.434. The van der Waals surface area contributed by atoms with Crippen molar-refractivity contribution < 1.29 is 9.47 Å². The maximum atomic E-state index is 6.06. The fourth-order valence-corrected chi connectivity index (χ4v) is 3.29. The Balaban J connectivity index is 2.23. The SMILES string of the molecule is CCCCOc1cc(Sc2ccc(C)cc2)c(OCCCC)cc1C. The molecule has 0 saturated heterocycles. The van der Waals surface area contributed by atoms with Crippen molar-refractivity contribution in [3.05, 3.63) is 47.5 Å². The van der Waals surface area contributed by atoms with Crippen molar-refractivity contribution in [2.45, 2.75) is 63.2 Å². The van der Waals surface area contributed by atoms with Gasteiger partial charge in [0.15, 0.2) is 0 Å². The summed E-state index contributed by atoms with van der Waals surface area (Å²) in [5, 5.41) is 0. The number of ether oxygens (including phenoxy) is 2. The van der Waals surface area contributed by atoms with Gasteiger partial charge in [-0.2, -0.15) is 0 Å². The van der Waals surface area contributed by atoms with Gasteiger partial charge in [-0.25, -0.2) is 0 Å². The maximum Gasteiger partial charge on any atom is 0.133 e. The highest BCUT2D eigenvalue weighted by molar-refractivity contribution is 7.99. The molecule has 2 aromatic rings. The highest BCUT2D eigenvalue weighted by Gasteiger charge is 2.12. The van der Waals surface area contributed by atoms with E-state index in [4.69, 9.17) is 9.47 Å². The van der Waals surface area contributed by atoms with Gasteiger partial charge in [0, 0.05) is 4.90 Å². The van der Waals surface area contributed by atoms with Crippen LogP contribution in [0.1, 0.15) is 50.7 Å². The van der Waals surface area contributed by atoms with E-state index < -0.39 is 0 Å². The minimum Gasteiger partial charge on any atom is -0.493 e. The predicted molar refractivity (Wildman–Crippen MR) is 107 cm³/mol. The van der Waals surface area contributed by atoms with Crippen LogP contribution in [0, 0.1) is 13.8 Å². The molecule has 0 spiro atoms. The van der Waals surface area contributed by atoms with Crippen molar-refractivity contribution in [2.75, 3.05) is 13.2 Å². The zero-order valence-electron chi connectivity index (χ0n) is 15.9. The zero-order valence-corrected chi connectivity index (χ0v) is 16.7. The summed E-state index contributed by atoms with van der Waals surface area (Å²) in [7, 11) is 0. The number of aryl methyl sites for hydroxylation is 2. The molecule has 2 aromatic carbocycles. The summed E-state index contributed by atoms with van der Waals surface area (Å²) in [6, 6.07) is 12.9. The first-order chi connectivity index (χ1) is 12.1. The normalized spacial score (nSPS) is 10.7. The molecule has 0 atom stereocenters. The standard InChI is InChI=1S/C22H30O2S/c1-5-7-13-23-20-16-22(25-19-11-9-17(3)10-12-19)21(15-18(20)4)24-14-8-6-2/h9-12,15-16H,5-8,13-14H2,1-4H3. The summed E-state index contributed by atoms with van der Waals surface area (Å²) < 4.78 is 12.0. The average molecular weight is 359 g/mol. The van der Waals surface area contributed by atoms with Crippen molar-refractivity contribution in [2.24, 2.45) is 0 Å². The summed E-state index contributed by atoms with van der Waals surface area (Å²) in [6.07, 6.45) is 4.43. The van der Waals surface area contributed by atoms with Crippen LogP contribution in [0.3, 0.4) is 0 Å². The van der Waals surface area contributed by atoms with Crippen molar-refractivity contribution in [3.8, 4) is 11.5 Å². The Morgan fingerprint density at radius 1 is 0.800 bits per heavy atom. The molecule has 0 saturated carbocycles. The van der Waals surface area contributed by atoms with Crippen LogP contribution >= 0.6 is 11.8 Å². The van der Waals surface area contributed by atoms with E-state index in [0.29, 0.717) is 0 Å². The number of benzene rings is 2. The molecule has 0 aromatic heterocycles. The lowest BCUT2D eigenvalue weighted by Crippen LogP contribution is -2.02. The number of hydrogen-bond donors (Lipinski definition) is 0. The Labute approximate surface area is 156 Å². The van der Waals surface area contributed by atoms with Gasteiger partial charge in [-0.1, -0.05) is 56.1 Å². The fourth-order valence-electron chi connectivity index (χ4n) is 2.38. The first-order valence-corrected chi connectivity index (χ1v) is 10.1. The van der Waals surface area contributed by atoms with Gasteiger partial charge in [0.25, 0.3) is 0 Å². The summed E-state index contributed by atoms with van der Waals surface area (Å²) in [5.74, 6) is 1.92. The van der Waals surface area contributed by atoms with Crippen LogP contribution in [-0.4, -0.2) is 13.2 Å². The number of rotatable bonds is 10. The van der Waals surface area contributed by atoms with Gasteiger partial charge in [-0.15, -0.1) is 0 Å². The maximum absolute atomic E-state index is 6.06. The predicted octanol–water partition coefficient (Wildman–Crippen LogP) is 6.81. The van der Waals surface area contributed by atoms with E-state index in [0.717, 1.165) is 60.9 Å². The molecule has 0 unspecified atom stereocenters. The van der Waals surface area contributed by atoms with E-state index in [2.05, 4.69) is 64.1 Å². The molecule has 0 aliphatic rings. The van der Waals surface area contributed by atoms with Crippen LogP contribution in [0.2, 0.25) is 0 Å². The molecule has 136 valence electrons. The minimum absolute atomic E-state index is 0.757. The molecule has 0 N–H and O–H groups in total. The molecule has 3 heteroatoms. The van der Waals surface area contributed by atoms with Crippen molar-refractivity contribution in [1.29, 1.82) is 0 Å². The lowest BCUT2D eigenvalue weighted by molar-refractivity contribution is 0.293. The zero-order chi connectivity index (χ0) is 18.1. The van der Waals surface area contributed by atoms with Gasteiger partial charge in [0.1, 0.15) is 11.5 Å². The van der Waals surface area contributed by atoms with E-state index >= 15 is 0 Å². The lowest BCUT2D eigenvalue weighted by atomic mass is 10.2. The molecule has 0 bridgehead atoms. The van der Waals surface area contributed by atoms with E-state index in [-0.39, 0.29) is 0 Å². The molecule has 0 fully saturated rings. The van der Waals surface area contributed by atoms with Gasteiger partial charge in [-0.05, 0) is 56.5 Å². The van der Waals surface area contributed by atoms with Crippen LogP contribution in [0.25, 0.3) is 0 Å². The highest BCUT2D eigenvalue weighted by atomic mass is 32.2. The topological polar surface area (TPSA) is 18.5 Å².